The highest BCUT2D eigenvalue weighted by molar-refractivity contribution is 5.18. The van der Waals surface area contributed by atoms with Crippen LogP contribution in [0.2, 0.25) is 0 Å². The van der Waals surface area contributed by atoms with Gasteiger partial charge in [0.1, 0.15) is 11.5 Å². The fourth-order valence-corrected chi connectivity index (χ4v) is 1.10. The second-order valence-corrected chi connectivity index (χ2v) is 3.42. The predicted molar refractivity (Wildman–Crippen MR) is 48.7 cm³/mol. The molecule has 0 saturated heterocycles. The van der Waals surface area contributed by atoms with E-state index in [0.717, 1.165) is 5.56 Å². The molecule has 72 valence electrons. The molecule has 1 unspecified atom stereocenters. The van der Waals surface area contributed by atoms with E-state index in [1.54, 1.807) is 12.1 Å². The molecule has 13 heavy (non-hydrogen) atoms. The monoisotopic (exact) mass is 185 g/mol. The maximum absolute atomic E-state index is 13.4. The van der Waals surface area contributed by atoms with E-state index in [-0.39, 0.29) is 18.8 Å². The Morgan fingerprint density at radius 2 is 1.85 bits per heavy atom. The van der Waals surface area contributed by atoms with Crippen LogP contribution in [0, 0.1) is 5.82 Å². The van der Waals surface area contributed by atoms with Gasteiger partial charge in [-0.2, -0.15) is 0 Å². The van der Waals surface area contributed by atoms with Crippen molar-refractivity contribution in [1.29, 1.82) is 0 Å². The van der Waals surface area contributed by atoms with Crippen molar-refractivity contribution < 1.29 is 8.78 Å². The minimum Gasteiger partial charge on any atom is -0.328 e. The molecule has 0 radical (unpaired) electrons. The summed E-state index contributed by atoms with van der Waals surface area (Å²) in [4.78, 5) is 0. The first kappa shape index (κ1) is 10.1. The SMILES string of the molecule is CC(F)(CN)Cc1ccc(F)cc1. The van der Waals surface area contributed by atoms with E-state index < -0.39 is 5.67 Å². The van der Waals surface area contributed by atoms with E-state index in [1.807, 2.05) is 0 Å². The fraction of sp³-hybridized carbons (Fsp3) is 0.400. The summed E-state index contributed by atoms with van der Waals surface area (Å²) in [5.74, 6) is -0.308. The lowest BCUT2D eigenvalue weighted by molar-refractivity contribution is 0.200. The maximum Gasteiger partial charge on any atom is 0.124 e. The van der Waals surface area contributed by atoms with Gasteiger partial charge in [0, 0.05) is 13.0 Å². The molecule has 1 aromatic rings. The van der Waals surface area contributed by atoms with Crippen molar-refractivity contribution >= 4 is 0 Å². The number of nitrogens with two attached hydrogens (primary N) is 1. The van der Waals surface area contributed by atoms with Crippen molar-refractivity contribution in [1.82, 2.24) is 0 Å². The molecule has 3 heteroatoms. The van der Waals surface area contributed by atoms with Crippen molar-refractivity contribution in [2.45, 2.75) is 19.0 Å². The number of alkyl halides is 1. The minimum absolute atomic E-state index is 0.0234. The van der Waals surface area contributed by atoms with Crippen LogP contribution in [0.15, 0.2) is 24.3 Å². The van der Waals surface area contributed by atoms with Crippen molar-refractivity contribution in [3.05, 3.63) is 35.6 Å². The van der Waals surface area contributed by atoms with Gasteiger partial charge in [-0.25, -0.2) is 8.78 Å². The normalized spacial score (nSPS) is 15.4. The van der Waals surface area contributed by atoms with Crippen LogP contribution in [-0.4, -0.2) is 12.2 Å². The lowest BCUT2D eigenvalue weighted by atomic mass is 9.98. The first-order valence-corrected chi connectivity index (χ1v) is 4.17. The first-order chi connectivity index (χ1) is 6.03. The van der Waals surface area contributed by atoms with Gasteiger partial charge < -0.3 is 5.73 Å². The zero-order chi connectivity index (χ0) is 9.90. The van der Waals surface area contributed by atoms with Crippen LogP contribution in [0.1, 0.15) is 12.5 Å². The summed E-state index contributed by atoms with van der Waals surface area (Å²) in [6.45, 7) is 1.42. The van der Waals surface area contributed by atoms with E-state index >= 15 is 0 Å². The van der Waals surface area contributed by atoms with Crippen molar-refractivity contribution in [3.8, 4) is 0 Å². The third kappa shape index (κ3) is 3.11. The van der Waals surface area contributed by atoms with Gasteiger partial charge in [0.25, 0.3) is 0 Å². The number of benzene rings is 1. The molecule has 0 heterocycles. The average Bonchev–Trinajstić information content (AvgIpc) is 2.09. The molecule has 0 aliphatic rings. The number of rotatable bonds is 3. The second kappa shape index (κ2) is 3.83. The highest BCUT2D eigenvalue weighted by Crippen LogP contribution is 2.16. The van der Waals surface area contributed by atoms with Crippen molar-refractivity contribution in [3.63, 3.8) is 0 Å². The lowest BCUT2D eigenvalue weighted by Gasteiger charge is -2.17. The summed E-state index contributed by atoms with van der Waals surface area (Å²) in [6.07, 6.45) is 0.226. The second-order valence-electron chi connectivity index (χ2n) is 3.42. The van der Waals surface area contributed by atoms with Crippen LogP contribution in [-0.2, 0) is 6.42 Å². The van der Waals surface area contributed by atoms with E-state index in [1.165, 1.54) is 19.1 Å². The molecule has 1 nitrogen and oxygen atoms in total. The maximum atomic E-state index is 13.4. The molecule has 0 aliphatic carbocycles. The van der Waals surface area contributed by atoms with Gasteiger partial charge in [0.15, 0.2) is 0 Å². The van der Waals surface area contributed by atoms with Gasteiger partial charge in [-0.05, 0) is 24.6 Å². The quantitative estimate of drug-likeness (QED) is 0.766. The molecule has 1 rings (SSSR count). The third-order valence-corrected chi connectivity index (χ3v) is 1.91. The molecule has 0 saturated carbocycles. The summed E-state index contributed by atoms with van der Waals surface area (Å²) in [5.41, 5.74) is 4.59. The van der Waals surface area contributed by atoms with Crippen LogP contribution in [0.4, 0.5) is 8.78 Å². The Balaban J connectivity index is 2.69. The zero-order valence-electron chi connectivity index (χ0n) is 7.56. The molecular weight excluding hydrogens is 172 g/mol. The Kier molecular flexibility index (Phi) is 2.98. The molecule has 1 atom stereocenters. The summed E-state index contributed by atoms with van der Waals surface area (Å²) in [7, 11) is 0. The molecule has 0 spiro atoms. The Labute approximate surface area is 76.6 Å². The third-order valence-electron chi connectivity index (χ3n) is 1.91. The Hall–Kier alpha value is -0.960. The standard InChI is InChI=1S/C10H13F2N/c1-10(12,7-13)6-8-2-4-9(11)5-3-8/h2-5H,6-7,13H2,1H3. The van der Waals surface area contributed by atoms with Crippen molar-refractivity contribution in [2.75, 3.05) is 6.54 Å². The highest BCUT2D eigenvalue weighted by atomic mass is 19.1. The summed E-state index contributed by atoms with van der Waals surface area (Å²) in [5, 5.41) is 0. The highest BCUT2D eigenvalue weighted by Gasteiger charge is 2.21. The Bertz CT molecular complexity index is 267. The van der Waals surface area contributed by atoms with Gasteiger partial charge in [0.2, 0.25) is 0 Å². The largest absolute Gasteiger partial charge is 0.328 e. The molecule has 2 N–H and O–H groups in total. The first-order valence-electron chi connectivity index (χ1n) is 4.17. The van der Waals surface area contributed by atoms with Crippen molar-refractivity contribution in [2.24, 2.45) is 5.73 Å². The average molecular weight is 185 g/mol. The van der Waals surface area contributed by atoms with E-state index in [4.69, 9.17) is 5.73 Å². The van der Waals surface area contributed by atoms with Gasteiger partial charge in [0.05, 0.1) is 0 Å². The predicted octanol–water partition coefficient (Wildman–Crippen LogP) is 2.06. The molecule has 0 aromatic heterocycles. The summed E-state index contributed by atoms with van der Waals surface area (Å²) in [6, 6.07) is 5.79. The van der Waals surface area contributed by atoms with E-state index in [2.05, 4.69) is 0 Å². The molecule has 0 fully saturated rings. The molecule has 0 bridgehead atoms. The summed E-state index contributed by atoms with van der Waals surface area (Å²) < 4.78 is 25.9. The van der Waals surface area contributed by atoms with Gasteiger partial charge in [-0.3, -0.25) is 0 Å². The van der Waals surface area contributed by atoms with Gasteiger partial charge in [-0.15, -0.1) is 0 Å². The zero-order valence-corrected chi connectivity index (χ0v) is 7.56. The molecule has 0 amide bonds. The van der Waals surface area contributed by atoms with E-state index in [9.17, 15) is 8.78 Å². The Morgan fingerprint density at radius 1 is 1.31 bits per heavy atom. The number of hydrogen-bond acceptors (Lipinski definition) is 1. The molecular formula is C10H13F2N. The van der Waals surface area contributed by atoms with Gasteiger partial charge in [-0.1, -0.05) is 12.1 Å². The fourth-order valence-electron chi connectivity index (χ4n) is 1.10. The number of hydrogen-bond donors (Lipinski definition) is 1. The van der Waals surface area contributed by atoms with E-state index in [0.29, 0.717) is 0 Å². The minimum atomic E-state index is -1.40. The lowest BCUT2D eigenvalue weighted by Crippen LogP contribution is -2.31. The Morgan fingerprint density at radius 3 is 2.31 bits per heavy atom. The van der Waals surface area contributed by atoms with Crippen LogP contribution in [0.5, 0.6) is 0 Å². The summed E-state index contributed by atoms with van der Waals surface area (Å²) >= 11 is 0. The van der Waals surface area contributed by atoms with Crippen LogP contribution in [0.3, 0.4) is 0 Å². The molecule has 0 aliphatic heterocycles. The van der Waals surface area contributed by atoms with Crippen LogP contribution < -0.4 is 5.73 Å². The van der Waals surface area contributed by atoms with Crippen LogP contribution >= 0.6 is 0 Å². The topological polar surface area (TPSA) is 26.0 Å². The molecule has 1 aromatic carbocycles. The smallest absolute Gasteiger partial charge is 0.124 e. The van der Waals surface area contributed by atoms with Gasteiger partial charge >= 0.3 is 0 Å². The number of halogens is 2. The van der Waals surface area contributed by atoms with Crippen LogP contribution in [0.25, 0.3) is 0 Å².